The van der Waals surface area contributed by atoms with Crippen molar-refractivity contribution in [1.82, 2.24) is 29.3 Å². The zero-order valence-corrected chi connectivity index (χ0v) is 20.1. The first kappa shape index (κ1) is 23.0. The molecule has 2 heterocycles. The molecule has 0 bridgehead atoms. The first-order chi connectivity index (χ1) is 15.7. The highest BCUT2D eigenvalue weighted by atomic mass is 32.2. The molecule has 10 nitrogen and oxygen atoms in total. The number of hydrogen-bond donors (Lipinski definition) is 0. The number of para-hydroxylation sites is 1. The third kappa shape index (κ3) is 4.36. The summed E-state index contributed by atoms with van der Waals surface area (Å²) >= 11 is 1.32. The van der Waals surface area contributed by atoms with Gasteiger partial charge in [0, 0.05) is 19.8 Å². The molecule has 0 saturated heterocycles. The van der Waals surface area contributed by atoms with Crippen molar-refractivity contribution in [2.75, 3.05) is 14.1 Å². The molecule has 0 amide bonds. The second-order valence-corrected chi connectivity index (χ2v) is 10.6. The lowest BCUT2D eigenvalue weighted by Crippen LogP contribution is -2.22. The van der Waals surface area contributed by atoms with Crippen molar-refractivity contribution in [3.63, 3.8) is 0 Å². The minimum atomic E-state index is -3.58. The Hall–Kier alpha value is -3.22. The maximum atomic E-state index is 13.1. The standard InChI is InChI=1S/C21H22N6O4S2/c1-14-12-17(33(29,30)25(3)4)10-11-19(14)27-20(28)18(15(2)31-27)13-32-21-22-23-24-26(21)16-8-6-5-7-9-16/h5-12H,13H2,1-4H3. The summed E-state index contributed by atoms with van der Waals surface area (Å²) in [6, 6.07) is 14.0. The van der Waals surface area contributed by atoms with Gasteiger partial charge < -0.3 is 4.52 Å². The van der Waals surface area contributed by atoms with Gasteiger partial charge in [0.15, 0.2) is 0 Å². The molecule has 0 N–H and O–H groups in total. The topological polar surface area (TPSA) is 116 Å². The number of sulfonamides is 1. The monoisotopic (exact) mass is 486 g/mol. The van der Waals surface area contributed by atoms with Gasteiger partial charge in [0.2, 0.25) is 15.2 Å². The largest absolute Gasteiger partial charge is 0.376 e. The zero-order chi connectivity index (χ0) is 23.8. The van der Waals surface area contributed by atoms with Crippen LogP contribution in [0, 0.1) is 13.8 Å². The van der Waals surface area contributed by atoms with Crippen LogP contribution in [0.25, 0.3) is 11.4 Å². The van der Waals surface area contributed by atoms with Gasteiger partial charge in [-0.15, -0.1) is 9.84 Å². The van der Waals surface area contributed by atoms with Crippen LogP contribution >= 0.6 is 11.8 Å². The highest BCUT2D eigenvalue weighted by Crippen LogP contribution is 2.25. The average Bonchev–Trinajstić information content (AvgIpc) is 3.37. The molecule has 0 saturated carbocycles. The highest BCUT2D eigenvalue weighted by molar-refractivity contribution is 7.98. The van der Waals surface area contributed by atoms with Crippen LogP contribution in [-0.2, 0) is 15.8 Å². The summed E-state index contributed by atoms with van der Waals surface area (Å²) in [4.78, 5) is 13.3. The number of benzene rings is 2. The van der Waals surface area contributed by atoms with E-state index in [1.807, 2.05) is 30.3 Å². The highest BCUT2D eigenvalue weighted by Gasteiger charge is 2.21. The second kappa shape index (κ2) is 8.96. The molecule has 0 atom stereocenters. The number of nitrogens with zero attached hydrogens (tertiary/aromatic N) is 6. The number of aryl methyl sites for hydroxylation is 2. The summed E-state index contributed by atoms with van der Waals surface area (Å²) in [5.41, 5.74) is 2.05. The Kier molecular flexibility index (Phi) is 6.23. The van der Waals surface area contributed by atoms with Gasteiger partial charge in [-0.2, -0.15) is 4.68 Å². The molecular formula is C21H22N6O4S2. The fraction of sp³-hybridized carbons (Fsp3) is 0.238. The van der Waals surface area contributed by atoms with Crippen LogP contribution < -0.4 is 5.56 Å². The van der Waals surface area contributed by atoms with Crippen LogP contribution in [-0.4, -0.2) is 51.8 Å². The Morgan fingerprint density at radius 1 is 1.09 bits per heavy atom. The maximum absolute atomic E-state index is 13.1. The van der Waals surface area contributed by atoms with Crippen LogP contribution in [0.5, 0.6) is 0 Å². The summed E-state index contributed by atoms with van der Waals surface area (Å²) in [5, 5.41) is 12.4. The molecule has 0 aliphatic heterocycles. The quantitative estimate of drug-likeness (QED) is 0.366. The molecule has 0 fully saturated rings. The summed E-state index contributed by atoms with van der Waals surface area (Å²) in [6.45, 7) is 3.45. The van der Waals surface area contributed by atoms with Crippen LogP contribution in [0.3, 0.4) is 0 Å². The molecule has 0 unspecified atom stereocenters. The normalized spacial score (nSPS) is 11.9. The van der Waals surface area contributed by atoms with E-state index in [0.717, 1.165) is 9.99 Å². The average molecular weight is 487 g/mol. The van der Waals surface area contributed by atoms with E-state index < -0.39 is 10.0 Å². The molecular weight excluding hydrogens is 464 g/mol. The summed E-state index contributed by atoms with van der Waals surface area (Å²) in [7, 11) is -0.643. The summed E-state index contributed by atoms with van der Waals surface area (Å²) < 4.78 is 34.5. The minimum Gasteiger partial charge on any atom is -0.376 e. The van der Waals surface area contributed by atoms with Crippen molar-refractivity contribution < 1.29 is 12.9 Å². The van der Waals surface area contributed by atoms with E-state index in [9.17, 15) is 13.2 Å². The Morgan fingerprint density at radius 2 is 1.82 bits per heavy atom. The van der Waals surface area contributed by atoms with Gasteiger partial charge in [0.05, 0.1) is 21.8 Å². The SMILES string of the molecule is Cc1cc(S(=O)(=O)N(C)C)ccc1-n1oc(C)c(CSc2nnnn2-c2ccccc2)c1=O. The molecule has 4 aromatic rings. The van der Waals surface area contributed by atoms with Crippen molar-refractivity contribution in [3.05, 3.63) is 75.8 Å². The Bertz CT molecular complexity index is 1460. The number of tetrazole rings is 1. The van der Waals surface area contributed by atoms with E-state index in [0.29, 0.717) is 33.5 Å². The van der Waals surface area contributed by atoms with Crippen LogP contribution in [0.1, 0.15) is 16.9 Å². The molecule has 12 heteroatoms. The van der Waals surface area contributed by atoms with Crippen LogP contribution in [0.2, 0.25) is 0 Å². The molecule has 172 valence electrons. The van der Waals surface area contributed by atoms with Gasteiger partial charge in [-0.3, -0.25) is 4.79 Å². The third-order valence-electron chi connectivity index (χ3n) is 5.05. The van der Waals surface area contributed by atoms with Crippen molar-refractivity contribution in [1.29, 1.82) is 0 Å². The first-order valence-corrected chi connectivity index (χ1v) is 12.3. The van der Waals surface area contributed by atoms with Crippen molar-refractivity contribution in [2.45, 2.75) is 29.7 Å². The van der Waals surface area contributed by atoms with E-state index in [2.05, 4.69) is 15.5 Å². The lowest BCUT2D eigenvalue weighted by molar-refractivity contribution is 0.321. The molecule has 0 radical (unpaired) electrons. The van der Waals surface area contributed by atoms with E-state index in [1.54, 1.807) is 24.6 Å². The van der Waals surface area contributed by atoms with E-state index in [1.165, 1.54) is 42.7 Å². The first-order valence-electron chi connectivity index (χ1n) is 9.92. The van der Waals surface area contributed by atoms with Gasteiger partial charge in [-0.25, -0.2) is 12.7 Å². The van der Waals surface area contributed by atoms with Gasteiger partial charge in [-0.1, -0.05) is 30.0 Å². The van der Waals surface area contributed by atoms with Crippen LogP contribution in [0.15, 0.2) is 67.9 Å². The number of aromatic nitrogens is 5. The molecule has 0 aliphatic rings. The summed E-state index contributed by atoms with van der Waals surface area (Å²) in [6.07, 6.45) is 0. The Labute approximate surface area is 194 Å². The van der Waals surface area contributed by atoms with E-state index in [4.69, 9.17) is 4.52 Å². The molecule has 2 aromatic carbocycles. The second-order valence-electron chi connectivity index (χ2n) is 7.46. The van der Waals surface area contributed by atoms with E-state index >= 15 is 0 Å². The number of rotatable bonds is 7. The van der Waals surface area contributed by atoms with Gasteiger partial charge in [-0.05, 0) is 60.2 Å². The number of hydrogen-bond acceptors (Lipinski definition) is 8. The minimum absolute atomic E-state index is 0.147. The van der Waals surface area contributed by atoms with E-state index in [-0.39, 0.29) is 10.5 Å². The maximum Gasteiger partial charge on any atom is 0.291 e. The molecule has 0 aliphatic carbocycles. The predicted octanol–water partition coefficient (Wildman–Crippen LogP) is 2.57. The lowest BCUT2D eigenvalue weighted by Gasteiger charge is -2.13. The molecule has 33 heavy (non-hydrogen) atoms. The zero-order valence-electron chi connectivity index (χ0n) is 18.5. The Morgan fingerprint density at radius 3 is 2.48 bits per heavy atom. The summed E-state index contributed by atoms with van der Waals surface area (Å²) in [5.74, 6) is 0.774. The fourth-order valence-electron chi connectivity index (χ4n) is 3.19. The Balaban J connectivity index is 1.62. The van der Waals surface area contributed by atoms with Crippen molar-refractivity contribution in [2.24, 2.45) is 0 Å². The van der Waals surface area contributed by atoms with Crippen molar-refractivity contribution in [3.8, 4) is 11.4 Å². The molecule has 2 aromatic heterocycles. The van der Waals surface area contributed by atoms with Crippen LogP contribution in [0.4, 0.5) is 0 Å². The molecule has 4 rings (SSSR count). The molecule has 0 spiro atoms. The van der Waals surface area contributed by atoms with Crippen molar-refractivity contribution >= 4 is 21.8 Å². The number of thioether (sulfide) groups is 1. The van der Waals surface area contributed by atoms with Gasteiger partial charge in [0.25, 0.3) is 5.56 Å². The fourth-order valence-corrected chi connectivity index (χ4v) is 5.14. The lowest BCUT2D eigenvalue weighted by atomic mass is 10.2. The third-order valence-corrected chi connectivity index (χ3v) is 7.81. The smallest absolute Gasteiger partial charge is 0.291 e. The van der Waals surface area contributed by atoms with Gasteiger partial charge >= 0.3 is 0 Å². The predicted molar refractivity (Wildman–Crippen MR) is 123 cm³/mol. The van der Waals surface area contributed by atoms with Gasteiger partial charge in [0.1, 0.15) is 5.76 Å².